The van der Waals surface area contributed by atoms with Crippen molar-refractivity contribution >= 4 is 28.2 Å². The van der Waals surface area contributed by atoms with Crippen LogP contribution in [0, 0.1) is 0 Å². The standard InChI is InChI=1S/C22H20N4O2S/c1-28-22(27)20-16(15-5-2-3-6-18(15)24-20)13-26-9-8-17-14(12-26)11-23-21(25-17)19-7-4-10-29-19/h2-7,10-11,24H,8-9,12-13H2,1H3. The first-order valence-electron chi connectivity index (χ1n) is 9.52. The number of aromatic amines is 1. The largest absolute Gasteiger partial charge is 0.464 e. The molecule has 1 N–H and O–H groups in total. The number of ether oxygens (including phenoxy) is 1. The van der Waals surface area contributed by atoms with Crippen molar-refractivity contribution in [3.63, 3.8) is 0 Å². The molecule has 7 heteroatoms. The predicted molar refractivity (Wildman–Crippen MR) is 113 cm³/mol. The van der Waals surface area contributed by atoms with E-state index in [4.69, 9.17) is 9.72 Å². The number of H-pyrrole nitrogens is 1. The molecule has 0 fully saturated rings. The van der Waals surface area contributed by atoms with E-state index in [0.29, 0.717) is 12.2 Å². The second-order valence-corrected chi connectivity index (χ2v) is 8.07. The minimum atomic E-state index is -0.336. The van der Waals surface area contributed by atoms with E-state index >= 15 is 0 Å². The van der Waals surface area contributed by atoms with Crippen LogP contribution in [0.4, 0.5) is 0 Å². The number of aromatic nitrogens is 3. The number of para-hydroxylation sites is 1. The highest BCUT2D eigenvalue weighted by Gasteiger charge is 2.24. The first kappa shape index (κ1) is 18.0. The third-order valence-corrected chi connectivity index (χ3v) is 6.21. The van der Waals surface area contributed by atoms with E-state index in [2.05, 4.69) is 14.9 Å². The maximum Gasteiger partial charge on any atom is 0.354 e. The lowest BCUT2D eigenvalue weighted by Crippen LogP contribution is -2.31. The molecule has 0 radical (unpaired) electrons. The fourth-order valence-electron chi connectivity index (χ4n) is 3.90. The molecular formula is C22H20N4O2S. The summed E-state index contributed by atoms with van der Waals surface area (Å²) < 4.78 is 4.99. The zero-order valence-corrected chi connectivity index (χ0v) is 16.8. The Bertz CT molecular complexity index is 1180. The third kappa shape index (κ3) is 3.32. The lowest BCUT2D eigenvalue weighted by Gasteiger charge is -2.28. The van der Waals surface area contributed by atoms with Crippen molar-refractivity contribution in [1.29, 1.82) is 0 Å². The summed E-state index contributed by atoms with van der Waals surface area (Å²) in [4.78, 5) is 28.3. The Balaban J connectivity index is 1.42. The van der Waals surface area contributed by atoms with Crippen LogP contribution in [-0.4, -0.2) is 39.5 Å². The maximum absolute atomic E-state index is 12.3. The molecule has 0 saturated heterocycles. The van der Waals surface area contributed by atoms with Gasteiger partial charge < -0.3 is 9.72 Å². The monoisotopic (exact) mass is 404 g/mol. The van der Waals surface area contributed by atoms with Gasteiger partial charge in [-0.25, -0.2) is 14.8 Å². The van der Waals surface area contributed by atoms with Gasteiger partial charge in [-0.1, -0.05) is 24.3 Å². The van der Waals surface area contributed by atoms with E-state index in [9.17, 15) is 4.79 Å². The molecule has 0 amide bonds. The van der Waals surface area contributed by atoms with Gasteiger partial charge in [0.05, 0.1) is 17.7 Å². The van der Waals surface area contributed by atoms with Crippen molar-refractivity contribution in [2.45, 2.75) is 19.5 Å². The fourth-order valence-corrected chi connectivity index (χ4v) is 4.56. The Labute approximate surface area is 172 Å². The molecule has 1 aliphatic rings. The van der Waals surface area contributed by atoms with Gasteiger partial charge in [-0.05, 0) is 17.5 Å². The quantitative estimate of drug-likeness (QED) is 0.520. The van der Waals surface area contributed by atoms with Crippen LogP contribution in [0.3, 0.4) is 0 Å². The van der Waals surface area contributed by atoms with Gasteiger partial charge >= 0.3 is 5.97 Å². The molecule has 5 rings (SSSR count). The van der Waals surface area contributed by atoms with E-state index in [0.717, 1.165) is 57.9 Å². The molecule has 0 saturated carbocycles. The number of methoxy groups -OCH3 is 1. The Morgan fingerprint density at radius 2 is 2.17 bits per heavy atom. The van der Waals surface area contributed by atoms with Gasteiger partial charge in [-0.2, -0.15) is 0 Å². The summed E-state index contributed by atoms with van der Waals surface area (Å²) in [5.41, 5.74) is 4.72. The van der Waals surface area contributed by atoms with Gasteiger partial charge in [0.25, 0.3) is 0 Å². The molecule has 6 nitrogen and oxygen atoms in total. The smallest absolute Gasteiger partial charge is 0.354 e. The van der Waals surface area contributed by atoms with Crippen LogP contribution >= 0.6 is 11.3 Å². The number of nitrogens with one attached hydrogen (secondary N) is 1. The van der Waals surface area contributed by atoms with Gasteiger partial charge in [0, 0.05) is 54.3 Å². The van der Waals surface area contributed by atoms with Crippen LogP contribution in [0.25, 0.3) is 21.6 Å². The van der Waals surface area contributed by atoms with Gasteiger partial charge in [0.2, 0.25) is 0 Å². The molecule has 1 aromatic carbocycles. The molecule has 0 atom stereocenters. The Morgan fingerprint density at radius 3 is 3.00 bits per heavy atom. The SMILES string of the molecule is COC(=O)c1[nH]c2ccccc2c1CN1CCc2nc(-c3cccs3)ncc2C1. The van der Waals surface area contributed by atoms with Crippen LogP contribution in [0.15, 0.2) is 48.0 Å². The highest BCUT2D eigenvalue weighted by Crippen LogP contribution is 2.28. The predicted octanol–water partition coefficient (Wildman–Crippen LogP) is 4.03. The summed E-state index contributed by atoms with van der Waals surface area (Å²) in [6, 6.07) is 12.0. The molecular weight excluding hydrogens is 384 g/mol. The van der Waals surface area contributed by atoms with Crippen LogP contribution < -0.4 is 0 Å². The second-order valence-electron chi connectivity index (χ2n) is 7.12. The summed E-state index contributed by atoms with van der Waals surface area (Å²) in [5.74, 6) is 0.467. The first-order chi connectivity index (χ1) is 14.2. The van der Waals surface area contributed by atoms with E-state index < -0.39 is 0 Å². The van der Waals surface area contributed by atoms with Crippen molar-refractivity contribution < 1.29 is 9.53 Å². The highest BCUT2D eigenvalue weighted by molar-refractivity contribution is 7.13. The number of nitrogens with zero attached hydrogens (tertiary/aromatic N) is 3. The fraction of sp³-hybridized carbons (Fsp3) is 0.227. The Morgan fingerprint density at radius 1 is 1.28 bits per heavy atom. The number of esters is 1. The van der Waals surface area contributed by atoms with Gasteiger partial charge in [-0.3, -0.25) is 4.90 Å². The third-order valence-electron chi connectivity index (χ3n) is 5.34. The molecule has 1 aliphatic heterocycles. The molecule has 3 aromatic heterocycles. The molecule has 4 heterocycles. The minimum Gasteiger partial charge on any atom is -0.464 e. The van der Waals surface area contributed by atoms with Crippen LogP contribution in [0.5, 0.6) is 0 Å². The number of carbonyl (C=O) groups excluding carboxylic acids is 1. The van der Waals surface area contributed by atoms with Crippen molar-refractivity contribution in [2.24, 2.45) is 0 Å². The zero-order chi connectivity index (χ0) is 19.8. The van der Waals surface area contributed by atoms with Crippen LogP contribution in [0.2, 0.25) is 0 Å². The number of thiophene rings is 1. The molecule has 0 spiro atoms. The highest BCUT2D eigenvalue weighted by atomic mass is 32.1. The zero-order valence-electron chi connectivity index (χ0n) is 16.0. The second kappa shape index (κ2) is 7.42. The van der Waals surface area contributed by atoms with Crippen molar-refractivity contribution in [3.05, 3.63) is 70.5 Å². The van der Waals surface area contributed by atoms with E-state index in [-0.39, 0.29) is 5.97 Å². The number of hydrogen-bond donors (Lipinski definition) is 1. The summed E-state index contributed by atoms with van der Waals surface area (Å²) >= 11 is 1.65. The Kier molecular flexibility index (Phi) is 4.61. The van der Waals surface area contributed by atoms with Gasteiger partial charge in [0.15, 0.2) is 5.82 Å². The van der Waals surface area contributed by atoms with Crippen molar-refractivity contribution in [3.8, 4) is 10.7 Å². The maximum atomic E-state index is 12.3. The van der Waals surface area contributed by atoms with Crippen molar-refractivity contribution in [2.75, 3.05) is 13.7 Å². The molecule has 0 unspecified atom stereocenters. The normalized spacial score (nSPS) is 14.1. The molecule has 146 valence electrons. The number of fused-ring (bicyclic) bond motifs is 2. The topological polar surface area (TPSA) is 71.1 Å². The van der Waals surface area contributed by atoms with Crippen LogP contribution in [0.1, 0.15) is 27.3 Å². The summed E-state index contributed by atoms with van der Waals surface area (Å²) in [7, 11) is 1.41. The molecule has 0 aliphatic carbocycles. The van der Waals surface area contributed by atoms with Crippen molar-refractivity contribution in [1.82, 2.24) is 19.9 Å². The van der Waals surface area contributed by atoms with Crippen LogP contribution in [-0.2, 0) is 24.2 Å². The van der Waals surface area contributed by atoms with E-state index in [1.807, 2.05) is 48.0 Å². The first-order valence-corrected chi connectivity index (χ1v) is 10.4. The number of hydrogen-bond acceptors (Lipinski definition) is 6. The summed E-state index contributed by atoms with van der Waals surface area (Å²) in [6.45, 7) is 2.31. The average molecular weight is 404 g/mol. The van der Waals surface area contributed by atoms with Gasteiger partial charge in [0.1, 0.15) is 5.69 Å². The van der Waals surface area contributed by atoms with Gasteiger partial charge in [-0.15, -0.1) is 11.3 Å². The average Bonchev–Trinajstić information content (AvgIpc) is 3.42. The summed E-state index contributed by atoms with van der Waals surface area (Å²) in [5, 5.41) is 3.10. The van der Waals surface area contributed by atoms with E-state index in [1.165, 1.54) is 7.11 Å². The number of benzene rings is 1. The molecule has 0 bridgehead atoms. The number of rotatable bonds is 4. The van der Waals surface area contributed by atoms with E-state index in [1.54, 1.807) is 11.3 Å². The molecule has 4 aromatic rings. The minimum absolute atomic E-state index is 0.336. The molecule has 29 heavy (non-hydrogen) atoms. The number of carbonyl (C=O) groups is 1. The lowest BCUT2D eigenvalue weighted by atomic mass is 10.0. The lowest BCUT2D eigenvalue weighted by molar-refractivity contribution is 0.0592. The summed E-state index contributed by atoms with van der Waals surface area (Å²) in [6.07, 6.45) is 2.81. The Hall–Kier alpha value is -3.03.